The molecule has 2 nitrogen and oxygen atoms in total. The highest BCUT2D eigenvalue weighted by molar-refractivity contribution is 8.23. The normalized spacial score (nSPS) is 11.2. The van der Waals surface area contributed by atoms with Crippen LogP contribution in [0.3, 0.4) is 0 Å². The van der Waals surface area contributed by atoms with Gasteiger partial charge in [0.1, 0.15) is 0 Å². The van der Waals surface area contributed by atoms with Gasteiger partial charge in [0.05, 0.1) is 16.6 Å². The van der Waals surface area contributed by atoms with E-state index in [2.05, 4.69) is 45.0 Å². The predicted octanol–water partition coefficient (Wildman–Crippen LogP) is 4.15. The lowest BCUT2D eigenvalue weighted by atomic mass is 9.86. The van der Waals surface area contributed by atoms with Crippen molar-refractivity contribution in [3.8, 4) is 0 Å². The number of ether oxygens (including phenoxy) is 1. The van der Waals surface area contributed by atoms with E-state index in [0.717, 1.165) is 4.20 Å². The second-order valence-corrected chi connectivity index (χ2v) is 7.41. The molecule has 1 rings (SSSR count). The fraction of sp³-hybridized carbons (Fsp3) is 0.500. The summed E-state index contributed by atoms with van der Waals surface area (Å²) in [5.41, 5.74) is 2.66. The number of thiocarbonyl (C=S) groups is 1. The molecule has 0 aliphatic carbocycles. The highest BCUT2D eigenvalue weighted by atomic mass is 32.2. The minimum atomic E-state index is -0.206. The standard InChI is InChI=1S/C16H22O2S2/c1-5-18-14(17)11-20-15(19)10-12-6-8-13(9-7-12)16(2,3)4/h6-9H,5,10-11H2,1-4H3. The van der Waals surface area contributed by atoms with Gasteiger partial charge >= 0.3 is 5.97 Å². The SMILES string of the molecule is CCOC(=O)CSC(=S)Cc1ccc(C(C)(C)C)cc1. The summed E-state index contributed by atoms with van der Waals surface area (Å²) < 4.78 is 5.70. The lowest BCUT2D eigenvalue weighted by Crippen LogP contribution is -2.11. The first-order valence-corrected chi connectivity index (χ1v) is 8.13. The first-order chi connectivity index (χ1) is 9.32. The number of carbonyl (C=O) groups excluding carboxylic acids is 1. The molecule has 110 valence electrons. The van der Waals surface area contributed by atoms with Gasteiger partial charge in [-0.05, 0) is 23.5 Å². The third-order valence-corrected chi connectivity index (χ3v) is 4.17. The van der Waals surface area contributed by atoms with Crippen LogP contribution < -0.4 is 0 Å². The van der Waals surface area contributed by atoms with Crippen molar-refractivity contribution in [1.82, 2.24) is 0 Å². The maximum absolute atomic E-state index is 11.3. The zero-order valence-electron chi connectivity index (χ0n) is 12.6. The quantitative estimate of drug-likeness (QED) is 0.603. The van der Waals surface area contributed by atoms with Crippen LogP contribution in [0.25, 0.3) is 0 Å². The summed E-state index contributed by atoms with van der Waals surface area (Å²) in [5, 5.41) is 0. The van der Waals surface area contributed by atoms with Crippen molar-refractivity contribution >= 4 is 34.1 Å². The van der Waals surface area contributed by atoms with E-state index >= 15 is 0 Å². The van der Waals surface area contributed by atoms with E-state index in [4.69, 9.17) is 17.0 Å². The number of thioether (sulfide) groups is 1. The molecule has 0 amide bonds. The average Bonchev–Trinajstić information content (AvgIpc) is 2.36. The Kier molecular flexibility index (Phi) is 6.69. The topological polar surface area (TPSA) is 26.3 Å². The van der Waals surface area contributed by atoms with Gasteiger partial charge in [-0.2, -0.15) is 0 Å². The Morgan fingerprint density at radius 1 is 1.25 bits per heavy atom. The van der Waals surface area contributed by atoms with Crippen molar-refractivity contribution in [2.45, 2.75) is 39.5 Å². The van der Waals surface area contributed by atoms with Crippen LogP contribution in [-0.2, 0) is 21.4 Å². The highest BCUT2D eigenvalue weighted by Crippen LogP contribution is 2.22. The second-order valence-electron chi connectivity index (χ2n) is 5.59. The summed E-state index contributed by atoms with van der Waals surface area (Å²) in [5.74, 6) is 0.0927. The predicted molar refractivity (Wildman–Crippen MR) is 90.5 cm³/mol. The van der Waals surface area contributed by atoms with E-state index in [9.17, 15) is 4.79 Å². The molecule has 0 radical (unpaired) electrons. The summed E-state index contributed by atoms with van der Waals surface area (Å²) in [6, 6.07) is 8.51. The zero-order chi connectivity index (χ0) is 15.2. The van der Waals surface area contributed by atoms with Gasteiger partial charge in [-0.3, -0.25) is 4.79 Å². The molecular formula is C16H22O2S2. The van der Waals surface area contributed by atoms with Crippen molar-refractivity contribution in [2.24, 2.45) is 0 Å². The fourth-order valence-electron chi connectivity index (χ4n) is 1.68. The molecule has 0 bridgehead atoms. The first kappa shape index (κ1) is 17.2. The third-order valence-electron chi connectivity index (χ3n) is 2.82. The minimum absolute atomic E-state index is 0.164. The second kappa shape index (κ2) is 7.79. The van der Waals surface area contributed by atoms with Gasteiger partial charge in [0.25, 0.3) is 0 Å². The van der Waals surface area contributed by atoms with E-state index < -0.39 is 0 Å². The summed E-state index contributed by atoms with van der Waals surface area (Å²) >= 11 is 6.69. The Bertz CT molecular complexity index is 458. The van der Waals surface area contributed by atoms with Crippen LogP contribution in [0.15, 0.2) is 24.3 Å². The maximum Gasteiger partial charge on any atom is 0.316 e. The summed E-state index contributed by atoms with van der Waals surface area (Å²) in [7, 11) is 0. The Hall–Kier alpha value is -0.870. The van der Waals surface area contributed by atoms with Crippen molar-refractivity contribution in [3.05, 3.63) is 35.4 Å². The average molecular weight is 310 g/mol. The smallest absolute Gasteiger partial charge is 0.316 e. The molecule has 1 aromatic rings. The van der Waals surface area contributed by atoms with Crippen molar-refractivity contribution in [2.75, 3.05) is 12.4 Å². The molecular weight excluding hydrogens is 288 g/mol. The molecule has 0 unspecified atom stereocenters. The number of esters is 1. The lowest BCUT2D eigenvalue weighted by molar-refractivity contribution is -0.139. The van der Waals surface area contributed by atoms with E-state index in [1.165, 1.54) is 22.9 Å². The van der Waals surface area contributed by atoms with Gasteiger partial charge in [0.2, 0.25) is 0 Å². The number of rotatable bonds is 5. The van der Waals surface area contributed by atoms with Gasteiger partial charge in [0, 0.05) is 6.42 Å². The Morgan fingerprint density at radius 3 is 2.35 bits per heavy atom. The number of hydrogen-bond donors (Lipinski definition) is 0. The number of benzene rings is 1. The van der Waals surface area contributed by atoms with Crippen molar-refractivity contribution in [1.29, 1.82) is 0 Å². The molecule has 0 aliphatic rings. The molecule has 1 aromatic carbocycles. The molecule has 0 N–H and O–H groups in total. The fourth-order valence-corrected chi connectivity index (χ4v) is 2.66. The van der Waals surface area contributed by atoms with E-state index in [-0.39, 0.29) is 11.4 Å². The largest absolute Gasteiger partial charge is 0.465 e. The van der Waals surface area contributed by atoms with Crippen LogP contribution in [0.4, 0.5) is 0 Å². The Labute approximate surface area is 131 Å². The molecule has 0 heterocycles. The molecule has 0 aromatic heterocycles. The lowest BCUT2D eigenvalue weighted by Gasteiger charge is -2.19. The van der Waals surface area contributed by atoms with Crippen LogP contribution in [0.5, 0.6) is 0 Å². The highest BCUT2D eigenvalue weighted by Gasteiger charge is 2.13. The van der Waals surface area contributed by atoms with E-state index in [1.54, 1.807) is 6.92 Å². The van der Waals surface area contributed by atoms with Crippen LogP contribution in [0.1, 0.15) is 38.8 Å². The number of hydrogen-bond acceptors (Lipinski definition) is 4. The van der Waals surface area contributed by atoms with Gasteiger partial charge in [-0.1, -0.05) is 57.3 Å². The molecule has 0 aliphatic heterocycles. The monoisotopic (exact) mass is 310 g/mol. The van der Waals surface area contributed by atoms with Crippen LogP contribution in [0.2, 0.25) is 0 Å². The Balaban J connectivity index is 2.48. The van der Waals surface area contributed by atoms with Gasteiger partial charge in [-0.15, -0.1) is 11.8 Å². The molecule has 0 saturated carbocycles. The minimum Gasteiger partial charge on any atom is -0.465 e. The summed E-state index contributed by atoms with van der Waals surface area (Å²) in [6.07, 6.45) is 0.712. The van der Waals surface area contributed by atoms with Crippen LogP contribution in [0, 0.1) is 0 Å². The zero-order valence-corrected chi connectivity index (χ0v) is 14.2. The molecule has 20 heavy (non-hydrogen) atoms. The summed E-state index contributed by atoms with van der Waals surface area (Å²) in [4.78, 5) is 11.3. The maximum atomic E-state index is 11.3. The van der Waals surface area contributed by atoms with Crippen molar-refractivity contribution in [3.63, 3.8) is 0 Å². The molecule has 0 saturated heterocycles. The van der Waals surface area contributed by atoms with Crippen molar-refractivity contribution < 1.29 is 9.53 Å². The summed E-state index contributed by atoms with van der Waals surface area (Å²) in [6.45, 7) is 8.81. The molecule has 0 spiro atoms. The first-order valence-electron chi connectivity index (χ1n) is 6.73. The van der Waals surface area contributed by atoms with Gasteiger partial charge in [-0.25, -0.2) is 0 Å². The molecule has 0 atom stereocenters. The number of carbonyl (C=O) groups is 1. The van der Waals surface area contributed by atoms with E-state index in [0.29, 0.717) is 18.8 Å². The third kappa shape index (κ3) is 6.06. The molecule has 4 heteroatoms. The van der Waals surface area contributed by atoms with Crippen LogP contribution in [-0.4, -0.2) is 22.5 Å². The van der Waals surface area contributed by atoms with Gasteiger partial charge in [0.15, 0.2) is 0 Å². The Morgan fingerprint density at radius 2 is 1.85 bits per heavy atom. The van der Waals surface area contributed by atoms with Crippen LogP contribution >= 0.6 is 24.0 Å². The van der Waals surface area contributed by atoms with E-state index in [1.807, 2.05) is 0 Å². The van der Waals surface area contributed by atoms with Gasteiger partial charge < -0.3 is 4.74 Å². The molecule has 0 fully saturated rings.